The highest BCUT2D eigenvalue weighted by atomic mass is 16.1. The maximum Gasteiger partial charge on any atom is 0.251 e. The summed E-state index contributed by atoms with van der Waals surface area (Å²) < 4.78 is 0. The molecule has 2 heterocycles. The molecule has 0 spiro atoms. The largest absolute Gasteiger partial charge is 0.352 e. The molecule has 4 aromatic carbocycles. The fourth-order valence-electron chi connectivity index (χ4n) is 5.09. The van der Waals surface area contributed by atoms with Crippen molar-refractivity contribution < 1.29 is 4.79 Å². The highest BCUT2D eigenvalue weighted by Crippen LogP contribution is 2.27. The summed E-state index contributed by atoms with van der Waals surface area (Å²) in [6, 6.07) is 32.4. The van der Waals surface area contributed by atoms with Gasteiger partial charge in [-0.2, -0.15) is 0 Å². The van der Waals surface area contributed by atoms with E-state index in [0.29, 0.717) is 25.1 Å². The number of H-pyrrole nitrogens is 2. The highest BCUT2D eigenvalue weighted by molar-refractivity contribution is 5.97. The Hall–Kier alpha value is -4.75. The van der Waals surface area contributed by atoms with E-state index in [-0.39, 0.29) is 11.8 Å². The van der Waals surface area contributed by atoms with E-state index in [1.165, 1.54) is 11.1 Å². The van der Waals surface area contributed by atoms with E-state index in [4.69, 9.17) is 10.7 Å². The topological polar surface area (TPSA) is 112 Å². The van der Waals surface area contributed by atoms with E-state index in [9.17, 15) is 4.79 Å². The van der Waals surface area contributed by atoms with Crippen molar-refractivity contribution in [3.8, 4) is 0 Å². The Morgan fingerprint density at radius 3 is 1.97 bits per heavy atom. The molecule has 194 valence electrons. The van der Waals surface area contributed by atoms with Gasteiger partial charge < -0.3 is 21.0 Å². The lowest BCUT2D eigenvalue weighted by atomic mass is 9.88. The first kappa shape index (κ1) is 24.6. The number of hydrogen-bond donors (Lipinski definition) is 4. The van der Waals surface area contributed by atoms with Gasteiger partial charge in [0.2, 0.25) is 0 Å². The van der Waals surface area contributed by atoms with Gasteiger partial charge in [0.1, 0.15) is 11.6 Å². The molecule has 0 aliphatic heterocycles. The lowest BCUT2D eigenvalue weighted by Gasteiger charge is -2.18. The number of hydrogen-bond acceptors (Lipinski definition) is 4. The van der Waals surface area contributed by atoms with Crippen LogP contribution in [0.5, 0.6) is 0 Å². The SMILES string of the molecule is NCc1ccc2[nH]c(Cc3nc4cc(C(=O)NCCC(c5ccccc5)c5ccccc5)ccc4[nH]3)nc2c1. The lowest BCUT2D eigenvalue weighted by Crippen LogP contribution is -2.25. The van der Waals surface area contributed by atoms with E-state index in [0.717, 1.165) is 45.7 Å². The minimum atomic E-state index is -0.102. The van der Waals surface area contributed by atoms with Gasteiger partial charge in [-0.25, -0.2) is 9.97 Å². The molecular formula is C32H30N6O. The number of aromatic amines is 2. The molecule has 6 rings (SSSR count). The molecule has 0 saturated heterocycles. The smallest absolute Gasteiger partial charge is 0.251 e. The van der Waals surface area contributed by atoms with Gasteiger partial charge in [0, 0.05) is 24.6 Å². The molecule has 0 aliphatic rings. The Bertz CT molecular complexity index is 1680. The molecule has 0 aliphatic carbocycles. The minimum Gasteiger partial charge on any atom is -0.352 e. The maximum absolute atomic E-state index is 13.0. The monoisotopic (exact) mass is 514 g/mol. The average molecular weight is 515 g/mol. The van der Waals surface area contributed by atoms with Crippen molar-refractivity contribution in [2.45, 2.75) is 25.3 Å². The van der Waals surface area contributed by atoms with Crippen LogP contribution in [0.15, 0.2) is 97.1 Å². The number of aromatic nitrogens is 4. The van der Waals surface area contributed by atoms with Gasteiger partial charge in [-0.15, -0.1) is 0 Å². The van der Waals surface area contributed by atoms with Crippen LogP contribution in [0.3, 0.4) is 0 Å². The number of carbonyl (C=O) groups is 1. The Balaban J connectivity index is 1.13. The molecule has 5 N–H and O–H groups in total. The quantitative estimate of drug-likeness (QED) is 0.206. The normalized spacial score (nSPS) is 11.4. The minimum absolute atomic E-state index is 0.102. The maximum atomic E-state index is 13.0. The second-order valence-corrected chi connectivity index (χ2v) is 9.75. The molecule has 6 aromatic rings. The first-order chi connectivity index (χ1) is 19.2. The predicted molar refractivity (Wildman–Crippen MR) is 155 cm³/mol. The summed E-state index contributed by atoms with van der Waals surface area (Å²) >= 11 is 0. The molecule has 0 radical (unpaired) electrons. The molecule has 7 heteroatoms. The second-order valence-electron chi connectivity index (χ2n) is 9.75. The zero-order valence-corrected chi connectivity index (χ0v) is 21.5. The number of nitrogens with zero attached hydrogens (tertiary/aromatic N) is 2. The molecule has 0 unspecified atom stereocenters. The first-order valence-electron chi connectivity index (χ1n) is 13.2. The molecule has 0 fully saturated rings. The fraction of sp³-hybridized carbons (Fsp3) is 0.156. The number of rotatable bonds is 9. The summed E-state index contributed by atoms with van der Waals surface area (Å²) in [5.74, 6) is 1.72. The summed E-state index contributed by atoms with van der Waals surface area (Å²) in [6.07, 6.45) is 1.34. The van der Waals surface area contributed by atoms with Gasteiger partial charge in [-0.1, -0.05) is 66.7 Å². The summed E-state index contributed by atoms with van der Waals surface area (Å²) in [5, 5.41) is 3.10. The Morgan fingerprint density at radius 2 is 1.36 bits per heavy atom. The van der Waals surface area contributed by atoms with Crippen molar-refractivity contribution >= 4 is 28.0 Å². The molecular weight excluding hydrogens is 484 g/mol. The number of amides is 1. The summed E-state index contributed by atoms with van der Waals surface area (Å²) in [6.45, 7) is 1.05. The molecule has 0 bridgehead atoms. The number of carbonyl (C=O) groups excluding carboxylic acids is 1. The lowest BCUT2D eigenvalue weighted by molar-refractivity contribution is 0.0953. The summed E-state index contributed by atoms with van der Waals surface area (Å²) in [4.78, 5) is 29.1. The fourth-order valence-corrected chi connectivity index (χ4v) is 5.09. The molecule has 1 amide bonds. The number of nitrogens with two attached hydrogens (primary N) is 1. The Kier molecular flexibility index (Phi) is 6.89. The molecule has 0 saturated carbocycles. The van der Waals surface area contributed by atoms with E-state index in [1.807, 2.05) is 48.5 Å². The van der Waals surface area contributed by atoms with Crippen LogP contribution >= 0.6 is 0 Å². The van der Waals surface area contributed by atoms with Crippen molar-refractivity contribution in [3.05, 3.63) is 131 Å². The van der Waals surface area contributed by atoms with Crippen molar-refractivity contribution in [2.24, 2.45) is 5.73 Å². The predicted octanol–water partition coefficient (Wildman–Crippen LogP) is 5.44. The molecule has 2 aromatic heterocycles. The second kappa shape index (κ2) is 10.9. The Morgan fingerprint density at radius 1 is 0.769 bits per heavy atom. The summed E-state index contributed by atoms with van der Waals surface area (Å²) in [7, 11) is 0. The van der Waals surface area contributed by atoms with Crippen LogP contribution in [-0.2, 0) is 13.0 Å². The van der Waals surface area contributed by atoms with Gasteiger partial charge >= 0.3 is 0 Å². The summed E-state index contributed by atoms with van der Waals surface area (Å²) in [5.41, 5.74) is 13.4. The van der Waals surface area contributed by atoms with Crippen molar-refractivity contribution in [1.82, 2.24) is 25.3 Å². The van der Waals surface area contributed by atoms with Gasteiger partial charge in [-0.3, -0.25) is 4.79 Å². The van der Waals surface area contributed by atoms with E-state index in [1.54, 1.807) is 0 Å². The van der Waals surface area contributed by atoms with E-state index in [2.05, 4.69) is 68.8 Å². The van der Waals surface area contributed by atoms with Gasteiger partial charge in [0.05, 0.1) is 28.5 Å². The number of benzene rings is 4. The molecule has 7 nitrogen and oxygen atoms in total. The van der Waals surface area contributed by atoms with Gasteiger partial charge in [-0.05, 0) is 53.4 Å². The van der Waals surface area contributed by atoms with Crippen molar-refractivity contribution in [3.63, 3.8) is 0 Å². The van der Waals surface area contributed by atoms with Crippen LogP contribution in [0.4, 0.5) is 0 Å². The third-order valence-corrected chi connectivity index (χ3v) is 7.08. The van der Waals surface area contributed by atoms with Crippen LogP contribution in [0.1, 0.15) is 51.0 Å². The van der Waals surface area contributed by atoms with Crippen LogP contribution < -0.4 is 11.1 Å². The van der Waals surface area contributed by atoms with E-state index >= 15 is 0 Å². The number of fused-ring (bicyclic) bond motifs is 2. The molecule has 39 heavy (non-hydrogen) atoms. The van der Waals surface area contributed by atoms with Crippen LogP contribution in [-0.4, -0.2) is 32.4 Å². The first-order valence-corrected chi connectivity index (χ1v) is 13.2. The van der Waals surface area contributed by atoms with Crippen LogP contribution in [0, 0.1) is 0 Å². The third kappa shape index (κ3) is 5.44. The number of nitrogens with one attached hydrogen (secondary N) is 3. The van der Waals surface area contributed by atoms with Gasteiger partial charge in [0.25, 0.3) is 5.91 Å². The van der Waals surface area contributed by atoms with Crippen molar-refractivity contribution in [1.29, 1.82) is 0 Å². The van der Waals surface area contributed by atoms with Gasteiger partial charge in [0.15, 0.2) is 0 Å². The average Bonchev–Trinajstić information content (AvgIpc) is 3.58. The standard InChI is InChI=1S/C32H30N6O/c33-20-21-11-13-26-28(17-21)37-30(35-26)19-31-36-27-14-12-24(18-29(27)38-31)32(39)34-16-15-25(22-7-3-1-4-8-22)23-9-5-2-6-10-23/h1-14,17-18,25H,15-16,19-20,33H2,(H,34,39)(H,35,37)(H,36,38). The molecule has 0 atom stereocenters. The van der Waals surface area contributed by atoms with Crippen LogP contribution in [0.25, 0.3) is 22.1 Å². The number of imidazole rings is 2. The van der Waals surface area contributed by atoms with Crippen LogP contribution in [0.2, 0.25) is 0 Å². The third-order valence-electron chi connectivity index (χ3n) is 7.08. The zero-order valence-electron chi connectivity index (χ0n) is 21.5. The Labute approximate surface area is 226 Å². The highest BCUT2D eigenvalue weighted by Gasteiger charge is 2.15. The zero-order chi connectivity index (χ0) is 26.6. The van der Waals surface area contributed by atoms with Crippen molar-refractivity contribution in [2.75, 3.05) is 6.54 Å². The van der Waals surface area contributed by atoms with E-state index < -0.39 is 0 Å².